The molecule has 5 heteroatoms. The lowest BCUT2D eigenvalue weighted by atomic mass is 9.79. The van der Waals surface area contributed by atoms with Crippen LogP contribution in [0.1, 0.15) is 22.3 Å². The van der Waals surface area contributed by atoms with Crippen molar-refractivity contribution in [3.8, 4) is 0 Å². The van der Waals surface area contributed by atoms with Gasteiger partial charge in [0.25, 0.3) is 0 Å². The molecule has 2 nitrogen and oxygen atoms in total. The number of aliphatic imine (C=N–C) groups is 1. The molecule has 1 heterocycles. The third-order valence-electron chi connectivity index (χ3n) is 6.03. The SMILES string of the molecule is Br.OC12c3ccc(Cl)cc3CC1SC(=NCc1ccccc1)C2Cc1ccccc1. The molecule has 30 heavy (non-hydrogen) atoms. The molecule has 1 aliphatic carbocycles. The monoisotopic (exact) mass is 499 g/mol. The minimum atomic E-state index is -0.907. The van der Waals surface area contributed by atoms with Crippen LogP contribution in [0.25, 0.3) is 0 Å². The van der Waals surface area contributed by atoms with E-state index in [2.05, 4.69) is 36.4 Å². The standard InChI is InChI=1S/C25H22ClNOS.BrH/c26-20-11-12-21-19(14-20)15-23-25(21,28)22(13-17-7-3-1-4-8-17)24(29-23)27-16-18-9-5-2-6-10-18;/h1-12,14,22-23,28H,13,15-16H2;1H. The number of hydrogen-bond acceptors (Lipinski definition) is 3. The Hall–Kier alpha value is -1.59. The van der Waals surface area contributed by atoms with Crippen LogP contribution in [0.5, 0.6) is 0 Å². The molecule has 1 saturated heterocycles. The van der Waals surface area contributed by atoms with E-state index in [0.717, 1.165) is 34.0 Å². The summed E-state index contributed by atoms with van der Waals surface area (Å²) in [5.41, 5.74) is 3.69. The molecule has 1 aliphatic heterocycles. The van der Waals surface area contributed by atoms with Crippen molar-refractivity contribution < 1.29 is 5.11 Å². The fraction of sp³-hybridized carbons (Fsp3) is 0.240. The number of halogens is 2. The summed E-state index contributed by atoms with van der Waals surface area (Å²) in [5, 5.41) is 13.9. The molecule has 154 valence electrons. The van der Waals surface area contributed by atoms with Gasteiger partial charge in [-0.05, 0) is 47.2 Å². The van der Waals surface area contributed by atoms with E-state index >= 15 is 0 Å². The number of benzene rings is 3. The maximum absolute atomic E-state index is 12.0. The Morgan fingerprint density at radius 3 is 2.33 bits per heavy atom. The Kier molecular flexibility index (Phi) is 6.40. The summed E-state index contributed by atoms with van der Waals surface area (Å²) in [7, 11) is 0. The van der Waals surface area contributed by atoms with Crippen molar-refractivity contribution >= 4 is 45.4 Å². The predicted octanol–water partition coefficient (Wildman–Crippen LogP) is 6.23. The molecule has 3 aromatic carbocycles. The van der Waals surface area contributed by atoms with Crippen molar-refractivity contribution in [2.75, 3.05) is 0 Å². The molecule has 0 amide bonds. The highest BCUT2D eigenvalue weighted by atomic mass is 79.9. The Balaban J connectivity index is 0.00000218. The second-order valence-corrected chi connectivity index (χ2v) is 9.48. The van der Waals surface area contributed by atoms with E-state index in [4.69, 9.17) is 16.6 Å². The van der Waals surface area contributed by atoms with Gasteiger partial charge < -0.3 is 5.11 Å². The zero-order chi connectivity index (χ0) is 19.8. The average molecular weight is 501 g/mol. The summed E-state index contributed by atoms with van der Waals surface area (Å²) in [5.74, 6) is -0.0500. The quantitative estimate of drug-likeness (QED) is 0.460. The van der Waals surface area contributed by atoms with Crippen molar-refractivity contribution in [2.24, 2.45) is 10.9 Å². The highest BCUT2D eigenvalue weighted by Crippen LogP contribution is 2.56. The molecule has 5 rings (SSSR count). The van der Waals surface area contributed by atoms with Crippen molar-refractivity contribution in [3.63, 3.8) is 0 Å². The lowest BCUT2D eigenvalue weighted by Gasteiger charge is -2.30. The Labute approximate surface area is 197 Å². The number of hydrogen-bond donors (Lipinski definition) is 1. The van der Waals surface area contributed by atoms with Crippen LogP contribution in [0, 0.1) is 5.92 Å². The second-order valence-electron chi connectivity index (χ2n) is 7.82. The minimum absolute atomic E-state index is 0. The van der Waals surface area contributed by atoms with Crippen LogP contribution in [0.15, 0.2) is 83.9 Å². The van der Waals surface area contributed by atoms with Gasteiger partial charge in [-0.25, -0.2) is 0 Å². The summed E-state index contributed by atoms with van der Waals surface area (Å²) in [6.45, 7) is 0.644. The molecule has 0 saturated carbocycles. The third kappa shape index (κ3) is 3.87. The van der Waals surface area contributed by atoms with Gasteiger partial charge in [-0.15, -0.1) is 28.7 Å². The number of rotatable bonds is 4. The van der Waals surface area contributed by atoms with Crippen LogP contribution in [-0.4, -0.2) is 15.4 Å². The largest absolute Gasteiger partial charge is 0.383 e. The minimum Gasteiger partial charge on any atom is -0.383 e. The molecule has 0 bridgehead atoms. The van der Waals surface area contributed by atoms with Crippen LogP contribution in [0.4, 0.5) is 0 Å². The molecule has 1 N–H and O–H groups in total. The number of fused-ring (bicyclic) bond motifs is 3. The first-order valence-corrected chi connectivity index (χ1v) is 11.2. The third-order valence-corrected chi connectivity index (χ3v) is 7.73. The normalized spacial score (nSPS) is 25.6. The van der Waals surface area contributed by atoms with Gasteiger partial charge in [0.15, 0.2) is 0 Å². The summed E-state index contributed by atoms with van der Waals surface area (Å²) in [4.78, 5) is 4.98. The summed E-state index contributed by atoms with van der Waals surface area (Å²) < 4.78 is 0. The molecule has 0 radical (unpaired) electrons. The summed E-state index contributed by atoms with van der Waals surface area (Å²) in [6.07, 6.45) is 1.60. The zero-order valence-corrected chi connectivity index (χ0v) is 19.7. The van der Waals surface area contributed by atoms with E-state index < -0.39 is 5.60 Å². The average Bonchev–Trinajstić information content (AvgIpc) is 3.16. The molecule has 3 atom stereocenters. The molecule has 1 fully saturated rings. The lowest BCUT2D eigenvalue weighted by molar-refractivity contribution is 0.0152. The second kappa shape index (κ2) is 8.88. The van der Waals surface area contributed by atoms with E-state index in [1.54, 1.807) is 11.8 Å². The smallest absolute Gasteiger partial charge is 0.112 e. The fourth-order valence-electron chi connectivity index (χ4n) is 4.60. The maximum Gasteiger partial charge on any atom is 0.112 e. The van der Waals surface area contributed by atoms with E-state index in [1.807, 2.05) is 42.5 Å². The van der Waals surface area contributed by atoms with Gasteiger partial charge in [-0.3, -0.25) is 4.99 Å². The molecular weight excluding hydrogens is 478 g/mol. The highest BCUT2D eigenvalue weighted by Gasteiger charge is 2.58. The first kappa shape index (κ1) is 21.6. The van der Waals surface area contributed by atoms with E-state index in [1.165, 1.54) is 11.1 Å². The van der Waals surface area contributed by atoms with Gasteiger partial charge in [0.1, 0.15) is 5.60 Å². The van der Waals surface area contributed by atoms with Crippen molar-refractivity contribution in [3.05, 3.63) is 106 Å². The summed E-state index contributed by atoms with van der Waals surface area (Å²) >= 11 is 7.97. The molecule has 2 aliphatic rings. The Morgan fingerprint density at radius 1 is 0.967 bits per heavy atom. The van der Waals surface area contributed by atoms with Gasteiger partial charge in [-0.1, -0.05) is 78.3 Å². The maximum atomic E-state index is 12.0. The van der Waals surface area contributed by atoms with Gasteiger partial charge >= 0.3 is 0 Å². The highest BCUT2D eigenvalue weighted by molar-refractivity contribution is 8.93. The van der Waals surface area contributed by atoms with Gasteiger partial charge in [0, 0.05) is 16.2 Å². The number of thioether (sulfide) groups is 1. The topological polar surface area (TPSA) is 32.6 Å². The van der Waals surface area contributed by atoms with E-state index in [9.17, 15) is 5.11 Å². The Morgan fingerprint density at radius 2 is 1.63 bits per heavy atom. The van der Waals surface area contributed by atoms with Gasteiger partial charge in [-0.2, -0.15) is 0 Å². The first-order chi connectivity index (χ1) is 14.1. The lowest BCUT2D eigenvalue weighted by Crippen LogP contribution is -2.39. The summed E-state index contributed by atoms with van der Waals surface area (Å²) in [6, 6.07) is 26.6. The molecule has 0 spiro atoms. The van der Waals surface area contributed by atoms with Crippen LogP contribution in [-0.2, 0) is 25.0 Å². The van der Waals surface area contributed by atoms with Crippen molar-refractivity contribution in [1.82, 2.24) is 0 Å². The van der Waals surface area contributed by atoms with E-state index in [0.29, 0.717) is 6.54 Å². The van der Waals surface area contributed by atoms with Crippen molar-refractivity contribution in [1.29, 1.82) is 0 Å². The predicted molar refractivity (Wildman–Crippen MR) is 132 cm³/mol. The molecule has 3 unspecified atom stereocenters. The number of aliphatic hydroxyl groups is 1. The van der Waals surface area contributed by atoms with Gasteiger partial charge in [0.2, 0.25) is 0 Å². The molecular formula is C25H23BrClNOS. The zero-order valence-electron chi connectivity index (χ0n) is 16.4. The van der Waals surface area contributed by atoms with E-state index in [-0.39, 0.29) is 28.1 Å². The Bertz CT molecular complexity index is 1060. The molecule has 0 aromatic heterocycles. The fourth-order valence-corrected chi connectivity index (χ4v) is 6.39. The van der Waals surface area contributed by atoms with Crippen LogP contribution in [0.2, 0.25) is 5.02 Å². The van der Waals surface area contributed by atoms with Crippen LogP contribution in [0.3, 0.4) is 0 Å². The molecule has 3 aromatic rings. The van der Waals surface area contributed by atoms with Crippen LogP contribution >= 0.6 is 40.3 Å². The first-order valence-electron chi connectivity index (χ1n) is 9.94. The van der Waals surface area contributed by atoms with Crippen molar-refractivity contribution in [2.45, 2.75) is 30.2 Å². The van der Waals surface area contributed by atoms with Crippen LogP contribution < -0.4 is 0 Å². The van der Waals surface area contributed by atoms with Gasteiger partial charge in [0.05, 0.1) is 11.6 Å². The number of nitrogens with zero attached hydrogens (tertiary/aromatic N) is 1.